The number of carbonyl (C=O) groups is 2. The lowest BCUT2D eigenvalue weighted by atomic mass is 10.1. The zero-order valence-corrected chi connectivity index (χ0v) is 12.4. The largest absolute Gasteiger partial charge is 0.465 e. The first-order valence-corrected chi connectivity index (χ1v) is 6.55. The number of amides is 1. The normalized spacial score (nSPS) is 10.3. The summed E-state index contributed by atoms with van der Waals surface area (Å²) in [6.45, 7) is 6.79. The molecular weight excluding hydrogens is 270 g/mol. The first-order chi connectivity index (χ1) is 9.88. The summed E-state index contributed by atoms with van der Waals surface area (Å²) in [7, 11) is 0. The van der Waals surface area contributed by atoms with Crippen LogP contribution in [0.2, 0.25) is 0 Å². The van der Waals surface area contributed by atoms with Gasteiger partial charge in [-0.1, -0.05) is 0 Å². The van der Waals surface area contributed by atoms with Crippen molar-refractivity contribution in [2.45, 2.75) is 27.7 Å². The van der Waals surface area contributed by atoms with Gasteiger partial charge in [0, 0.05) is 18.2 Å². The molecule has 0 aliphatic carbocycles. The maximum absolute atomic E-state index is 12.2. The summed E-state index contributed by atoms with van der Waals surface area (Å²) < 4.78 is 10.7. The monoisotopic (exact) mass is 287 g/mol. The third-order valence-corrected chi connectivity index (χ3v) is 3.15. The lowest BCUT2D eigenvalue weighted by Crippen LogP contribution is -2.10. The van der Waals surface area contributed by atoms with E-state index in [9.17, 15) is 9.59 Å². The first-order valence-electron chi connectivity index (χ1n) is 6.55. The smallest absolute Gasteiger partial charge is 0.347 e. The minimum absolute atomic E-state index is 0.153. The minimum Gasteiger partial charge on any atom is -0.465 e. The molecule has 1 aromatic heterocycles. The molecule has 110 valence electrons. The molecule has 0 saturated carbocycles. The number of nitrogens with one attached hydrogen (secondary N) is 1. The van der Waals surface area contributed by atoms with Crippen LogP contribution in [0.1, 0.15) is 34.4 Å². The number of carbonyl (C=O) groups excluding carboxylic acids is 2. The van der Waals surface area contributed by atoms with E-state index < -0.39 is 5.97 Å². The molecule has 0 saturated heterocycles. The summed E-state index contributed by atoms with van der Waals surface area (Å²) >= 11 is 0. The molecule has 2 rings (SSSR count). The average molecular weight is 287 g/mol. The number of ether oxygens (including phenoxy) is 1. The van der Waals surface area contributed by atoms with Crippen LogP contribution >= 0.6 is 0 Å². The van der Waals surface area contributed by atoms with E-state index in [1.165, 1.54) is 6.92 Å². The number of hydrogen-bond donors (Lipinski definition) is 1. The van der Waals surface area contributed by atoms with Crippen molar-refractivity contribution in [1.29, 1.82) is 0 Å². The topological polar surface area (TPSA) is 68.5 Å². The molecule has 21 heavy (non-hydrogen) atoms. The summed E-state index contributed by atoms with van der Waals surface area (Å²) in [6, 6.07) is 6.59. The Kier molecular flexibility index (Phi) is 4.12. The average Bonchev–Trinajstić information content (AvgIpc) is 2.65. The summed E-state index contributed by atoms with van der Waals surface area (Å²) in [4.78, 5) is 23.1. The van der Waals surface area contributed by atoms with E-state index in [1.54, 1.807) is 38.1 Å². The van der Waals surface area contributed by atoms with Gasteiger partial charge >= 0.3 is 5.97 Å². The van der Waals surface area contributed by atoms with Crippen molar-refractivity contribution in [2.24, 2.45) is 0 Å². The third kappa shape index (κ3) is 3.31. The fourth-order valence-corrected chi connectivity index (χ4v) is 2.06. The highest BCUT2D eigenvalue weighted by Crippen LogP contribution is 2.23. The molecule has 0 radical (unpaired) electrons. The second-order valence-corrected chi connectivity index (χ2v) is 4.81. The Morgan fingerprint density at radius 2 is 1.67 bits per heavy atom. The Balaban J connectivity index is 2.14. The van der Waals surface area contributed by atoms with E-state index in [-0.39, 0.29) is 5.91 Å². The zero-order chi connectivity index (χ0) is 15.6. The van der Waals surface area contributed by atoms with Gasteiger partial charge in [-0.05, 0) is 45.0 Å². The summed E-state index contributed by atoms with van der Waals surface area (Å²) in [5.41, 5.74) is 1.89. The minimum atomic E-state index is -0.450. The lowest BCUT2D eigenvalue weighted by Gasteiger charge is -2.06. The molecule has 2 aromatic rings. The lowest BCUT2D eigenvalue weighted by molar-refractivity contribution is -0.114. The zero-order valence-electron chi connectivity index (χ0n) is 12.4. The summed E-state index contributed by atoms with van der Waals surface area (Å²) in [6.07, 6.45) is 0. The highest BCUT2D eigenvalue weighted by molar-refractivity contribution is 5.94. The number of hydrogen-bond acceptors (Lipinski definition) is 4. The Hall–Kier alpha value is -2.56. The maximum atomic E-state index is 12.2. The second kappa shape index (κ2) is 5.83. The summed E-state index contributed by atoms with van der Waals surface area (Å²) in [5.74, 6) is 1.06. The fourth-order valence-electron chi connectivity index (χ4n) is 2.06. The van der Waals surface area contributed by atoms with Crippen LogP contribution in [0.3, 0.4) is 0 Å². The van der Waals surface area contributed by atoms with Gasteiger partial charge in [-0.25, -0.2) is 4.79 Å². The van der Waals surface area contributed by atoms with Gasteiger partial charge in [0.15, 0.2) is 0 Å². The molecule has 1 amide bonds. The molecule has 0 aliphatic rings. The highest BCUT2D eigenvalue weighted by Gasteiger charge is 2.20. The van der Waals surface area contributed by atoms with Gasteiger partial charge < -0.3 is 14.5 Å². The van der Waals surface area contributed by atoms with E-state index in [4.69, 9.17) is 9.15 Å². The third-order valence-electron chi connectivity index (χ3n) is 3.15. The van der Waals surface area contributed by atoms with Crippen LogP contribution in [-0.4, -0.2) is 11.9 Å². The van der Waals surface area contributed by atoms with Gasteiger partial charge in [-0.2, -0.15) is 0 Å². The predicted molar refractivity (Wildman–Crippen MR) is 78.6 cm³/mol. The summed E-state index contributed by atoms with van der Waals surface area (Å²) in [5, 5.41) is 2.64. The standard InChI is InChI=1S/C16H17NO4/c1-9-10(2)20-11(3)15(9)16(19)21-14-7-5-13(6-8-14)17-12(4)18/h5-8H,1-4H3,(H,17,18). The van der Waals surface area contributed by atoms with Gasteiger partial charge in [0.25, 0.3) is 0 Å². The second-order valence-electron chi connectivity index (χ2n) is 4.81. The Morgan fingerprint density at radius 1 is 1.05 bits per heavy atom. The quantitative estimate of drug-likeness (QED) is 0.694. The van der Waals surface area contributed by atoms with E-state index in [0.29, 0.717) is 28.5 Å². The van der Waals surface area contributed by atoms with Crippen LogP contribution < -0.4 is 10.1 Å². The molecule has 0 fully saturated rings. The number of esters is 1. The van der Waals surface area contributed by atoms with Crippen LogP contribution in [-0.2, 0) is 4.79 Å². The molecule has 0 atom stereocenters. The molecule has 0 spiro atoms. The Bertz CT molecular complexity index is 683. The molecule has 0 unspecified atom stereocenters. The predicted octanol–water partition coefficient (Wildman–Crippen LogP) is 3.38. The van der Waals surface area contributed by atoms with Gasteiger partial charge in [-0.15, -0.1) is 0 Å². The number of furan rings is 1. The van der Waals surface area contributed by atoms with Crippen molar-refractivity contribution in [3.8, 4) is 5.75 Å². The maximum Gasteiger partial charge on any atom is 0.347 e. The number of aryl methyl sites for hydroxylation is 2. The van der Waals surface area contributed by atoms with Crippen LogP contribution in [0.15, 0.2) is 28.7 Å². The van der Waals surface area contributed by atoms with E-state index >= 15 is 0 Å². The van der Waals surface area contributed by atoms with Gasteiger partial charge in [0.2, 0.25) is 5.91 Å². The van der Waals surface area contributed by atoms with Crippen LogP contribution in [0, 0.1) is 20.8 Å². The van der Waals surface area contributed by atoms with Crippen molar-refractivity contribution in [3.63, 3.8) is 0 Å². The molecule has 1 N–H and O–H groups in total. The van der Waals surface area contributed by atoms with Crippen molar-refractivity contribution < 1.29 is 18.7 Å². The van der Waals surface area contributed by atoms with Crippen LogP contribution in [0.4, 0.5) is 5.69 Å². The molecule has 0 bridgehead atoms. The van der Waals surface area contributed by atoms with Crippen LogP contribution in [0.25, 0.3) is 0 Å². The van der Waals surface area contributed by atoms with Gasteiger partial charge in [0.05, 0.1) is 0 Å². The molecule has 0 aliphatic heterocycles. The van der Waals surface area contributed by atoms with Crippen molar-refractivity contribution in [3.05, 3.63) is 46.9 Å². The van der Waals surface area contributed by atoms with E-state index in [1.807, 2.05) is 6.92 Å². The van der Waals surface area contributed by atoms with Crippen LogP contribution in [0.5, 0.6) is 5.75 Å². The molecular formula is C16H17NO4. The number of rotatable bonds is 3. The van der Waals surface area contributed by atoms with E-state index in [0.717, 1.165) is 5.56 Å². The first kappa shape index (κ1) is 14.8. The van der Waals surface area contributed by atoms with Crippen molar-refractivity contribution >= 4 is 17.6 Å². The SMILES string of the molecule is CC(=O)Nc1ccc(OC(=O)c2c(C)oc(C)c2C)cc1. The molecule has 1 aromatic carbocycles. The van der Waals surface area contributed by atoms with Crippen molar-refractivity contribution in [2.75, 3.05) is 5.32 Å². The van der Waals surface area contributed by atoms with Crippen molar-refractivity contribution in [1.82, 2.24) is 0 Å². The number of anilines is 1. The molecule has 5 heteroatoms. The fraction of sp³-hybridized carbons (Fsp3) is 0.250. The number of benzene rings is 1. The Morgan fingerprint density at radius 3 is 2.14 bits per heavy atom. The molecule has 1 heterocycles. The van der Waals surface area contributed by atoms with Gasteiger partial charge in [-0.3, -0.25) is 4.79 Å². The molecule has 5 nitrogen and oxygen atoms in total. The Labute approximate surface area is 122 Å². The van der Waals surface area contributed by atoms with Gasteiger partial charge in [0.1, 0.15) is 22.8 Å². The van der Waals surface area contributed by atoms with E-state index in [2.05, 4.69) is 5.32 Å². The highest BCUT2D eigenvalue weighted by atomic mass is 16.5.